The quantitative estimate of drug-likeness (QED) is 0.639. The van der Waals surface area contributed by atoms with Gasteiger partial charge in [0.1, 0.15) is 11.9 Å². The van der Waals surface area contributed by atoms with Gasteiger partial charge in [0.15, 0.2) is 0 Å². The Morgan fingerprint density at radius 3 is 2.77 bits per heavy atom. The monoisotopic (exact) mass is 451 g/mol. The second-order valence-electron chi connectivity index (χ2n) is 7.16. The molecule has 1 aliphatic rings. The van der Waals surface area contributed by atoms with Crippen molar-refractivity contribution in [2.45, 2.75) is 18.5 Å². The highest BCUT2D eigenvalue weighted by Crippen LogP contribution is 2.30. The van der Waals surface area contributed by atoms with E-state index in [2.05, 4.69) is 15.0 Å². The van der Waals surface area contributed by atoms with E-state index in [-0.39, 0.29) is 17.1 Å². The Labute approximate surface area is 177 Å². The zero-order chi connectivity index (χ0) is 21.6. The molecular formula is C19H19ClFN5O3S. The Hall–Kier alpha value is -2.53. The van der Waals surface area contributed by atoms with E-state index in [4.69, 9.17) is 11.6 Å². The van der Waals surface area contributed by atoms with Crippen molar-refractivity contribution in [1.82, 2.24) is 18.6 Å². The molecule has 0 bridgehead atoms. The molecule has 0 saturated carbocycles. The molecule has 0 unspecified atom stereocenters. The number of nitrogens with one attached hydrogen (secondary N) is 2. The lowest BCUT2D eigenvalue weighted by molar-refractivity contribution is -0.120. The molecular weight excluding hydrogens is 433 g/mol. The summed E-state index contributed by atoms with van der Waals surface area (Å²) >= 11 is 5.76. The Balaban J connectivity index is 1.61. The van der Waals surface area contributed by atoms with Gasteiger partial charge >= 0.3 is 0 Å². The molecule has 1 aliphatic heterocycles. The van der Waals surface area contributed by atoms with Crippen molar-refractivity contribution in [3.8, 4) is 0 Å². The molecule has 0 spiro atoms. The molecule has 8 nitrogen and oxygen atoms in total. The van der Waals surface area contributed by atoms with E-state index >= 15 is 0 Å². The van der Waals surface area contributed by atoms with Crippen LogP contribution in [0.4, 0.5) is 10.1 Å². The number of amides is 1. The maximum atomic E-state index is 13.4. The van der Waals surface area contributed by atoms with E-state index < -0.39 is 34.0 Å². The minimum Gasteiger partial charge on any atom is -0.334 e. The lowest BCUT2D eigenvalue weighted by Crippen LogP contribution is -2.55. The average Bonchev–Trinajstić information content (AvgIpc) is 3.07. The van der Waals surface area contributed by atoms with E-state index in [1.807, 2.05) is 29.8 Å². The van der Waals surface area contributed by atoms with E-state index in [0.29, 0.717) is 5.56 Å². The van der Waals surface area contributed by atoms with Crippen molar-refractivity contribution in [2.75, 3.05) is 12.4 Å². The van der Waals surface area contributed by atoms with Gasteiger partial charge in [-0.1, -0.05) is 17.7 Å². The molecule has 1 fully saturated rings. The van der Waals surface area contributed by atoms with Crippen LogP contribution in [0.2, 0.25) is 5.02 Å². The van der Waals surface area contributed by atoms with E-state index in [9.17, 15) is 17.6 Å². The molecule has 11 heteroatoms. The Bertz CT molecular complexity index is 1250. The van der Waals surface area contributed by atoms with Gasteiger partial charge in [-0.3, -0.25) is 4.79 Å². The largest absolute Gasteiger partial charge is 0.334 e. The van der Waals surface area contributed by atoms with Gasteiger partial charge in [0.25, 0.3) is 10.2 Å². The van der Waals surface area contributed by atoms with Gasteiger partial charge in [-0.2, -0.15) is 17.4 Å². The number of hydrogen-bond donors (Lipinski definition) is 2. The number of aryl methyl sites for hydroxylation is 1. The highest BCUT2D eigenvalue weighted by molar-refractivity contribution is 7.87. The molecule has 2 aromatic carbocycles. The first-order valence-corrected chi connectivity index (χ1v) is 10.9. The minimum atomic E-state index is -3.90. The highest BCUT2D eigenvalue weighted by atomic mass is 35.5. The minimum absolute atomic E-state index is 0.138. The van der Waals surface area contributed by atoms with Crippen molar-refractivity contribution in [2.24, 2.45) is 7.05 Å². The van der Waals surface area contributed by atoms with Crippen molar-refractivity contribution in [3.05, 3.63) is 59.1 Å². The number of likely N-dealkylation sites (N-methyl/N-ethyl adjacent to an activating group) is 1. The van der Waals surface area contributed by atoms with Crippen LogP contribution in [0, 0.1) is 5.82 Å². The van der Waals surface area contributed by atoms with Crippen LogP contribution < -0.4 is 10.0 Å². The third-order valence-corrected chi connectivity index (χ3v) is 7.09. The van der Waals surface area contributed by atoms with Gasteiger partial charge in [-0.15, -0.1) is 0 Å². The van der Waals surface area contributed by atoms with Crippen LogP contribution in [0.1, 0.15) is 18.0 Å². The maximum Gasteiger partial charge on any atom is 0.280 e. The van der Waals surface area contributed by atoms with Gasteiger partial charge in [0.05, 0.1) is 28.4 Å². The summed E-state index contributed by atoms with van der Waals surface area (Å²) in [6, 6.07) is 7.68. The van der Waals surface area contributed by atoms with Crippen LogP contribution in [0.5, 0.6) is 0 Å². The lowest BCUT2D eigenvalue weighted by Gasteiger charge is -2.36. The molecule has 1 aromatic heterocycles. The van der Waals surface area contributed by atoms with Crippen LogP contribution in [0.25, 0.3) is 11.0 Å². The average molecular weight is 452 g/mol. The molecule has 0 aliphatic carbocycles. The summed E-state index contributed by atoms with van der Waals surface area (Å²) < 4.78 is 44.1. The Morgan fingerprint density at radius 1 is 1.27 bits per heavy atom. The SMILES string of the molecule is CN1[C@H](C(=O)Nc2ccc(F)c(Cl)c2)C[C@H](c2ccc3c(c2)ncn3C)NS1(=O)=O. The summed E-state index contributed by atoms with van der Waals surface area (Å²) in [5.41, 5.74) is 2.63. The first kappa shape index (κ1) is 20.7. The first-order chi connectivity index (χ1) is 14.2. The predicted octanol–water partition coefficient (Wildman–Crippen LogP) is 2.58. The van der Waals surface area contributed by atoms with Crippen molar-refractivity contribution in [3.63, 3.8) is 0 Å². The van der Waals surface area contributed by atoms with Crippen LogP contribution in [0.15, 0.2) is 42.7 Å². The van der Waals surface area contributed by atoms with E-state index in [1.165, 1.54) is 19.2 Å². The van der Waals surface area contributed by atoms with Crippen LogP contribution in [-0.2, 0) is 22.1 Å². The van der Waals surface area contributed by atoms with Gasteiger partial charge < -0.3 is 9.88 Å². The Morgan fingerprint density at radius 2 is 2.03 bits per heavy atom. The topological polar surface area (TPSA) is 96.3 Å². The van der Waals surface area contributed by atoms with Gasteiger partial charge in [-0.05, 0) is 42.3 Å². The summed E-state index contributed by atoms with van der Waals surface area (Å²) in [6.45, 7) is 0. The number of carbonyl (C=O) groups excluding carboxylic acids is 1. The summed E-state index contributed by atoms with van der Waals surface area (Å²) in [7, 11) is -0.691. The van der Waals surface area contributed by atoms with Gasteiger partial charge in [0, 0.05) is 19.8 Å². The van der Waals surface area contributed by atoms with Crippen LogP contribution >= 0.6 is 11.6 Å². The summed E-state index contributed by atoms with van der Waals surface area (Å²) in [6.07, 6.45) is 1.88. The number of anilines is 1. The van der Waals surface area contributed by atoms with Gasteiger partial charge in [-0.25, -0.2) is 9.37 Å². The van der Waals surface area contributed by atoms with E-state index in [1.54, 1.807) is 6.33 Å². The zero-order valence-electron chi connectivity index (χ0n) is 16.1. The molecule has 158 valence electrons. The Kier molecular flexibility index (Phi) is 5.27. The summed E-state index contributed by atoms with van der Waals surface area (Å²) in [5, 5.41) is 2.47. The lowest BCUT2D eigenvalue weighted by atomic mass is 9.99. The molecule has 0 radical (unpaired) electrons. The fraction of sp³-hybridized carbons (Fsp3) is 0.263. The highest BCUT2D eigenvalue weighted by Gasteiger charge is 2.40. The molecule has 2 atom stereocenters. The molecule has 4 rings (SSSR count). The zero-order valence-corrected chi connectivity index (χ0v) is 17.7. The third kappa shape index (κ3) is 3.79. The number of fused-ring (bicyclic) bond motifs is 1. The molecule has 3 aromatic rings. The fourth-order valence-electron chi connectivity index (χ4n) is 3.50. The number of nitrogens with zero attached hydrogens (tertiary/aromatic N) is 3. The molecule has 1 amide bonds. The van der Waals surface area contributed by atoms with Crippen LogP contribution in [0.3, 0.4) is 0 Å². The first-order valence-electron chi connectivity index (χ1n) is 9.08. The number of rotatable bonds is 3. The third-order valence-electron chi connectivity index (χ3n) is 5.21. The van der Waals surface area contributed by atoms with Crippen molar-refractivity contribution in [1.29, 1.82) is 0 Å². The maximum absolute atomic E-state index is 13.4. The summed E-state index contributed by atoms with van der Waals surface area (Å²) in [5.74, 6) is -1.14. The smallest absolute Gasteiger partial charge is 0.280 e. The van der Waals surface area contributed by atoms with Crippen molar-refractivity contribution >= 4 is 44.4 Å². The number of aromatic nitrogens is 2. The van der Waals surface area contributed by atoms with Gasteiger partial charge in [0.2, 0.25) is 5.91 Å². The van der Waals surface area contributed by atoms with E-state index in [0.717, 1.165) is 21.4 Å². The number of hydrogen-bond acceptors (Lipinski definition) is 4. The fourth-order valence-corrected chi connectivity index (χ4v) is 4.95. The van der Waals surface area contributed by atoms with Crippen molar-refractivity contribution < 1.29 is 17.6 Å². The van der Waals surface area contributed by atoms with Crippen LogP contribution in [-0.4, -0.2) is 41.3 Å². The molecule has 30 heavy (non-hydrogen) atoms. The standard InChI is InChI=1S/C19H19ClFN5O3S/c1-25-10-22-16-7-11(3-6-17(16)25)15-9-18(26(2)30(28,29)24-15)19(27)23-12-4-5-14(21)13(20)8-12/h3-8,10,15,18,24H,9H2,1-2H3,(H,23,27)/t15-,18+/m1/s1. The second kappa shape index (κ2) is 7.62. The molecule has 2 N–H and O–H groups in total. The normalized spacial score (nSPS) is 21.6. The number of halogens is 2. The molecule has 1 saturated heterocycles. The number of benzene rings is 2. The summed E-state index contributed by atoms with van der Waals surface area (Å²) in [4.78, 5) is 17.2. The molecule has 2 heterocycles. The number of imidazole rings is 1. The predicted molar refractivity (Wildman–Crippen MR) is 112 cm³/mol. The number of carbonyl (C=O) groups is 1. The second-order valence-corrected chi connectivity index (χ2v) is 9.33.